The normalized spacial score (nSPS) is 10.9. The summed E-state index contributed by atoms with van der Waals surface area (Å²) in [5.74, 6) is 0.00290. The van der Waals surface area contributed by atoms with Gasteiger partial charge in [-0.05, 0) is 44.4 Å². The minimum Gasteiger partial charge on any atom is -0.343 e. The predicted octanol–water partition coefficient (Wildman–Crippen LogP) is 2.81. The fourth-order valence-corrected chi connectivity index (χ4v) is 2.82. The number of H-pyrrole nitrogens is 1. The van der Waals surface area contributed by atoms with Crippen molar-refractivity contribution in [2.75, 3.05) is 13.1 Å². The van der Waals surface area contributed by atoms with Gasteiger partial charge in [0, 0.05) is 29.6 Å². The lowest BCUT2D eigenvalue weighted by molar-refractivity contribution is -0.130. The Hall–Kier alpha value is -2.10. The van der Waals surface area contributed by atoms with Crippen LogP contribution in [0.3, 0.4) is 0 Å². The van der Waals surface area contributed by atoms with Gasteiger partial charge >= 0.3 is 0 Å². The molecule has 0 bridgehead atoms. The van der Waals surface area contributed by atoms with Crippen molar-refractivity contribution in [3.05, 3.63) is 45.2 Å². The fraction of sp³-hybridized carbons (Fsp3) is 0.444. The van der Waals surface area contributed by atoms with Crippen molar-refractivity contribution in [2.45, 2.75) is 40.5 Å². The molecule has 0 aliphatic carbocycles. The van der Waals surface area contributed by atoms with E-state index in [1.807, 2.05) is 32.9 Å². The highest BCUT2D eigenvalue weighted by atomic mass is 16.2. The summed E-state index contributed by atoms with van der Waals surface area (Å²) in [7, 11) is 0. The number of benzene rings is 1. The molecule has 0 fully saturated rings. The smallest absolute Gasteiger partial charge is 0.252 e. The Morgan fingerprint density at radius 3 is 2.45 bits per heavy atom. The highest BCUT2D eigenvalue weighted by molar-refractivity contribution is 5.86. The van der Waals surface area contributed by atoms with E-state index in [1.54, 1.807) is 4.90 Å². The quantitative estimate of drug-likeness (QED) is 0.923. The third-order valence-electron chi connectivity index (χ3n) is 4.32. The highest BCUT2D eigenvalue weighted by Gasteiger charge is 2.16. The Morgan fingerprint density at radius 2 is 1.86 bits per heavy atom. The summed E-state index contributed by atoms with van der Waals surface area (Å²) in [6.07, 6.45) is 1.09. The summed E-state index contributed by atoms with van der Waals surface area (Å²) >= 11 is 0. The van der Waals surface area contributed by atoms with Crippen molar-refractivity contribution < 1.29 is 4.79 Å². The Morgan fingerprint density at radius 1 is 1.18 bits per heavy atom. The summed E-state index contributed by atoms with van der Waals surface area (Å²) in [5, 5.41) is 1.01. The average Bonchev–Trinajstić information content (AvgIpc) is 2.52. The molecule has 2 rings (SSSR count). The second-order valence-corrected chi connectivity index (χ2v) is 5.53. The van der Waals surface area contributed by atoms with Crippen molar-refractivity contribution in [1.82, 2.24) is 9.88 Å². The molecule has 2 aromatic rings. The molecule has 1 N–H and O–H groups in total. The van der Waals surface area contributed by atoms with Gasteiger partial charge in [0.05, 0.1) is 6.42 Å². The van der Waals surface area contributed by atoms with E-state index >= 15 is 0 Å². The van der Waals surface area contributed by atoms with Crippen LogP contribution in [0.5, 0.6) is 0 Å². The first-order valence-corrected chi connectivity index (χ1v) is 7.93. The van der Waals surface area contributed by atoms with Gasteiger partial charge in [0.15, 0.2) is 0 Å². The molecule has 0 aliphatic heterocycles. The first kappa shape index (κ1) is 16.3. The Labute approximate surface area is 131 Å². The molecule has 22 heavy (non-hydrogen) atoms. The number of hydrogen-bond donors (Lipinski definition) is 1. The molecule has 1 aromatic carbocycles. The lowest BCUT2D eigenvalue weighted by atomic mass is 10.00. The first-order chi connectivity index (χ1) is 10.5. The van der Waals surface area contributed by atoms with Crippen LogP contribution in [0.25, 0.3) is 10.9 Å². The van der Waals surface area contributed by atoms with Gasteiger partial charge in [-0.3, -0.25) is 9.59 Å². The van der Waals surface area contributed by atoms with E-state index in [0.717, 1.165) is 22.9 Å². The van der Waals surface area contributed by atoms with Gasteiger partial charge in [-0.15, -0.1) is 0 Å². The number of likely N-dealkylation sites (N-methyl/N-ethyl adjacent to an activating group) is 1. The minimum absolute atomic E-state index is 0.00290. The third kappa shape index (κ3) is 3.06. The zero-order valence-corrected chi connectivity index (χ0v) is 13.8. The maximum atomic E-state index is 12.4. The fourth-order valence-electron chi connectivity index (χ4n) is 2.82. The van der Waals surface area contributed by atoms with Gasteiger partial charge in [0.25, 0.3) is 5.56 Å². The number of pyridine rings is 1. The van der Waals surface area contributed by atoms with E-state index in [2.05, 4.69) is 18.0 Å². The molecule has 0 aliphatic rings. The van der Waals surface area contributed by atoms with Crippen LogP contribution in [0.1, 0.15) is 37.5 Å². The van der Waals surface area contributed by atoms with Crippen molar-refractivity contribution in [2.24, 2.45) is 0 Å². The average molecular weight is 300 g/mol. The number of nitrogens with zero attached hydrogens (tertiary/aromatic N) is 1. The standard InChI is InChI=1S/C18H24N2O2/c1-5-13-8-9-14-12(4)15(18(22)19-16(14)10-13)11-17(21)20(6-2)7-3/h8-10H,5-7,11H2,1-4H3,(H,19,22). The van der Waals surface area contributed by atoms with E-state index in [1.165, 1.54) is 5.56 Å². The Balaban J connectivity index is 2.47. The summed E-state index contributed by atoms with van der Waals surface area (Å²) < 4.78 is 0. The number of amides is 1. The van der Waals surface area contributed by atoms with Crippen LogP contribution in [-0.4, -0.2) is 28.9 Å². The Kier molecular flexibility index (Phi) is 5.01. The van der Waals surface area contributed by atoms with Crippen LogP contribution in [0.15, 0.2) is 23.0 Å². The lowest BCUT2D eigenvalue weighted by Gasteiger charge is -2.19. The number of aryl methyl sites for hydroxylation is 2. The molecular weight excluding hydrogens is 276 g/mol. The number of nitrogens with one attached hydrogen (secondary N) is 1. The number of aromatic nitrogens is 1. The number of aromatic amines is 1. The highest BCUT2D eigenvalue weighted by Crippen LogP contribution is 2.20. The molecule has 0 unspecified atom stereocenters. The summed E-state index contributed by atoms with van der Waals surface area (Å²) in [6, 6.07) is 6.12. The summed E-state index contributed by atoms with van der Waals surface area (Å²) in [6.45, 7) is 9.24. The molecule has 1 amide bonds. The minimum atomic E-state index is -0.154. The van der Waals surface area contributed by atoms with E-state index in [9.17, 15) is 9.59 Å². The Bertz CT molecular complexity index is 743. The van der Waals surface area contributed by atoms with Crippen LogP contribution < -0.4 is 5.56 Å². The molecule has 1 heterocycles. The van der Waals surface area contributed by atoms with Crippen LogP contribution in [0, 0.1) is 6.92 Å². The predicted molar refractivity (Wildman–Crippen MR) is 90.3 cm³/mol. The largest absolute Gasteiger partial charge is 0.343 e. The first-order valence-electron chi connectivity index (χ1n) is 7.93. The topological polar surface area (TPSA) is 53.2 Å². The van der Waals surface area contributed by atoms with Gasteiger partial charge in [-0.25, -0.2) is 0 Å². The van der Waals surface area contributed by atoms with Gasteiger partial charge in [0.1, 0.15) is 0 Å². The van der Waals surface area contributed by atoms with E-state index in [0.29, 0.717) is 18.7 Å². The van der Waals surface area contributed by atoms with Crippen LogP contribution in [0.2, 0.25) is 0 Å². The molecule has 4 nitrogen and oxygen atoms in total. The maximum absolute atomic E-state index is 12.4. The lowest BCUT2D eigenvalue weighted by Crippen LogP contribution is -2.33. The van der Waals surface area contributed by atoms with E-state index in [-0.39, 0.29) is 17.9 Å². The monoisotopic (exact) mass is 300 g/mol. The molecule has 118 valence electrons. The van der Waals surface area contributed by atoms with Crippen molar-refractivity contribution in [1.29, 1.82) is 0 Å². The van der Waals surface area contributed by atoms with Gasteiger partial charge in [-0.2, -0.15) is 0 Å². The van der Waals surface area contributed by atoms with E-state index in [4.69, 9.17) is 0 Å². The molecule has 1 aromatic heterocycles. The molecule has 0 saturated carbocycles. The summed E-state index contributed by atoms with van der Waals surface area (Å²) in [5.41, 5.74) is 3.37. The number of carbonyl (C=O) groups is 1. The number of carbonyl (C=O) groups excluding carboxylic acids is 1. The van der Waals surface area contributed by atoms with Crippen molar-refractivity contribution in [3.8, 4) is 0 Å². The van der Waals surface area contributed by atoms with Crippen LogP contribution >= 0.6 is 0 Å². The van der Waals surface area contributed by atoms with Crippen molar-refractivity contribution >= 4 is 16.8 Å². The van der Waals surface area contributed by atoms with Gasteiger partial charge in [-0.1, -0.05) is 19.1 Å². The second kappa shape index (κ2) is 6.77. The van der Waals surface area contributed by atoms with Crippen LogP contribution in [-0.2, 0) is 17.6 Å². The number of hydrogen-bond acceptors (Lipinski definition) is 2. The van der Waals surface area contributed by atoms with Gasteiger partial charge in [0.2, 0.25) is 5.91 Å². The maximum Gasteiger partial charge on any atom is 0.252 e. The molecular formula is C18H24N2O2. The third-order valence-corrected chi connectivity index (χ3v) is 4.32. The zero-order valence-electron chi connectivity index (χ0n) is 13.8. The SMILES string of the molecule is CCc1ccc2c(C)c(CC(=O)N(CC)CC)c(=O)[nH]c2c1. The second-order valence-electron chi connectivity index (χ2n) is 5.53. The number of fused-ring (bicyclic) bond motifs is 1. The molecule has 0 spiro atoms. The molecule has 0 saturated heterocycles. The molecule has 0 atom stereocenters. The molecule has 0 radical (unpaired) electrons. The van der Waals surface area contributed by atoms with Gasteiger partial charge < -0.3 is 9.88 Å². The molecule has 4 heteroatoms. The zero-order chi connectivity index (χ0) is 16.3. The van der Waals surface area contributed by atoms with Crippen molar-refractivity contribution in [3.63, 3.8) is 0 Å². The number of rotatable bonds is 5. The van der Waals surface area contributed by atoms with Crippen LogP contribution in [0.4, 0.5) is 0 Å². The summed E-state index contributed by atoms with van der Waals surface area (Å²) in [4.78, 5) is 29.3. The van der Waals surface area contributed by atoms with E-state index < -0.39 is 0 Å².